The summed E-state index contributed by atoms with van der Waals surface area (Å²) >= 11 is 0. The summed E-state index contributed by atoms with van der Waals surface area (Å²) in [6.07, 6.45) is 2.30. The Bertz CT molecular complexity index is 190. The number of halogens is 2. The monoisotopic (exact) mass is 206 g/mol. The lowest BCUT2D eigenvalue weighted by Gasteiger charge is -2.41. The maximum atomic E-state index is 13.6. The van der Waals surface area contributed by atoms with E-state index in [-0.39, 0.29) is 5.41 Å². The predicted octanol–water partition coefficient (Wildman–Crippen LogP) is 3.48. The molecule has 1 nitrogen and oxygen atoms in total. The maximum Gasteiger partial charge on any atom is 0.274 e. The van der Waals surface area contributed by atoms with Crippen molar-refractivity contribution in [3.8, 4) is 0 Å². The fourth-order valence-corrected chi connectivity index (χ4v) is 2.50. The van der Waals surface area contributed by atoms with E-state index in [4.69, 9.17) is 4.74 Å². The van der Waals surface area contributed by atoms with Gasteiger partial charge in [0, 0.05) is 12.5 Å². The summed E-state index contributed by atoms with van der Waals surface area (Å²) in [7, 11) is 0. The van der Waals surface area contributed by atoms with Crippen molar-refractivity contribution >= 4 is 0 Å². The highest BCUT2D eigenvalue weighted by Crippen LogP contribution is 2.45. The van der Waals surface area contributed by atoms with Gasteiger partial charge in [0.25, 0.3) is 5.92 Å². The lowest BCUT2D eigenvalue weighted by atomic mass is 9.70. The van der Waals surface area contributed by atoms with Crippen molar-refractivity contribution < 1.29 is 13.5 Å². The molecule has 0 N–H and O–H groups in total. The van der Waals surface area contributed by atoms with E-state index in [9.17, 15) is 8.78 Å². The number of ether oxygens (including phenoxy) is 1. The van der Waals surface area contributed by atoms with Crippen molar-refractivity contribution in [2.45, 2.75) is 46.0 Å². The molecule has 14 heavy (non-hydrogen) atoms. The van der Waals surface area contributed by atoms with Crippen molar-refractivity contribution in [1.82, 2.24) is 0 Å². The van der Waals surface area contributed by atoms with E-state index in [1.165, 1.54) is 0 Å². The van der Waals surface area contributed by atoms with Crippen molar-refractivity contribution in [3.63, 3.8) is 0 Å². The topological polar surface area (TPSA) is 9.23 Å². The molecule has 0 aliphatic carbocycles. The van der Waals surface area contributed by atoms with Gasteiger partial charge in [0.1, 0.15) is 6.61 Å². The Kier molecular flexibility index (Phi) is 3.51. The quantitative estimate of drug-likeness (QED) is 0.687. The van der Waals surface area contributed by atoms with E-state index < -0.39 is 18.4 Å². The third-order valence-electron chi connectivity index (χ3n) is 3.19. The Balaban J connectivity index is 2.72. The first-order valence-electron chi connectivity index (χ1n) is 5.36. The summed E-state index contributed by atoms with van der Waals surface area (Å²) in [6, 6.07) is 0. The first kappa shape index (κ1) is 11.9. The third-order valence-corrected chi connectivity index (χ3v) is 3.19. The SMILES string of the molecule is CCCC(C)(C)C1CCOCC1(F)F. The highest BCUT2D eigenvalue weighted by Gasteiger charge is 2.49. The van der Waals surface area contributed by atoms with Gasteiger partial charge in [0.05, 0.1) is 0 Å². The van der Waals surface area contributed by atoms with Crippen LogP contribution in [0.3, 0.4) is 0 Å². The molecule has 0 bridgehead atoms. The van der Waals surface area contributed by atoms with E-state index in [0.717, 1.165) is 12.8 Å². The number of hydrogen-bond donors (Lipinski definition) is 0. The van der Waals surface area contributed by atoms with Crippen molar-refractivity contribution in [1.29, 1.82) is 0 Å². The Morgan fingerprint density at radius 2 is 2.07 bits per heavy atom. The molecule has 1 atom stereocenters. The summed E-state index contributed by atoms with van der Waals surface area (Å²) in [5.41, 5.74) is -0.276. The minimum Gasteiger partial charge on any atom is -0.375 e. The van der Waals surface area contributed by atoms with Gasteiger partial charge in [-0.3, -0.25) is 0 Å². The van der Waals surface area contributed by atoms with Gasteiger partial charge in [-0.15, -0.1) is 0 Å². The lowest BCUT2D eigenvalue weighted by molar-refractivity contribution is -0.185. The van der Waals surface area contributed by atoms with Gasteiger partial charge < -0.3 is 4.74 Å². The van der Waals surface area contributed by atoms with Crippen LogP contribution in [0.5, 0.6) is 0 Å². The lowest BCUT2D eigenvalue weighted by Crippen LogP contribution is -2.46. The molecule has 1 aliphatic heterocycles. The average molecular weight is 206 g/mol. The van der Waals surface area contributed by atoms with E-state index in [1.807, 2.05) is 20.8 Å². The molecule has 1 heterocycles. The van der Waals surface area contributed by atoms with Crippen molar-refractivity contribution in [2.75, 3.05) is 13.2 Å². The first-order chi connectivity index (χ1) is 6.40. The Morgan fingerprint density at radius 3 is 2.57 bits per heavy atom. The molecule has 1 aliphatic rings. The molecule has 0 saturated carbocycles. The summed E-state index contributed by atoms with van der Waals surface area (Å²) in [6.45, 7) is 6.01. The number of hydrogen-bond acceptors (Lipinski definition) is 1. The standard InChI is InChI=1S/C11H20F2O/c1-4-6-10(2,3)9-5-7-14-8-11(9,12)13/h9H,4-8H2,1-3H3. The average Bonchev–Trinajstić information content (AvgIpc) is 2.02. The zero-order valence-corrected chi connectivity index (χ0v) is 9.28. The fourth-order valence-electron chi connectivity index (χ4n) is 2.50. The third kappa shape index (κ3) is 2.44. The second-order valence-electron chi connectivity index (χ2n) is 4.89. The molecule has 1 fully saturated rings. The molecule has 1 rings (SSSR count). The van der Waals surface area contributed by atoms with Gasteiger partial charge >= 0.3 is 0 Å². The Labute approximate surface area is 84.8 Å². The van der Waals surface area contributed by atoms with Gasteiger partial charge in [0.15, 0.2) is 0 Å². The summed E-state index contributed by atoms with van der Waals surface area (Å²) in [5, 5.41) is 0. The van der Waals surface area contributed by atoms with E-state index in [2.05, 4.69) is 0 Å². The molecule has 1 saturated heterocycles. The predicted molar refractivity (Wildman–Crippen MR) is 52.6 cm³/mol. The Hall–Kier alpha value is -0.180. The van der Waals surface area contributed by atoms with Gasteiger partial charge in [-0.2, -0.15) is 0 Å². The van der Waals surface area contributed by atoms with Crippen LogP contribution < -0.4 is 0 Å². The van der Waals surface area contributed by atoms with Crippen LogP contribution in [0.2, 0.25) is 0 Å². The first-order valence-corrected chi connectivity index (χ1v) is 5.36. The van der Waals surface area contributed by atoms with Crippen molar-refractivity contribution in [3.05, 3.63) is 0 Å². The van der Waals surface area contributed by atoms with Crippen LogP contribution in [0.4, 0.5) is 8.78 Å². The summed E-state index contributed by atoms with van der Waals surface area (Å²) in [5.74, 6) is -3.17. The molecule has 0 spiro atoms. The zero-order valence-electron chi connectivity index (χ0n) is 9.28. The minimum absolute atomic E-state index is 0.276. The van der Waals surface area contributed by atoms with Crippen LogP contribution in [0.1, 0.15) is 40.0 Å². The summed E-state index contributed by atoms with van der Waals surface area (Å²) < 4.78 is 32.0. The Morgan fingerprint density at radius 1 is 1.43 bits per heavy atom. The normalized spacial score (nSPS) is 27.6. The van der Waals surface area contributed by atoms with E-state index >= 15 is 0 Å². The zero-order chi connectivity index (χ0) is 10.8. The van der Waals surface area contributed by atoms with E-state index in [0.29, 0.717) is 13.0 Å². The highest BCUT2D eigenvalue weighted by molar-refractivity contribution is 4.90. The van der Waals surface area contributed by atoms with Crippen LogP contribution in [0, 0.1) is 11.3 Å². The second-order valence-corrected chi connectivity index (χ2v) is 4.89. The molecule has 0 aromatic carbocycles. The van der Waals surface area contributed by atoms with Crippen LogP contribution in [0.25, 0.3) is 0 Å². The molecule has 1 unspecified atom stereocenters. The van der Waals surface area contributed by atoms with Gasteiger partial charge in [-0.25, -0.2) is 8.78 Å². The smallest absolute Gasteiger partial charge is 0.274 e. The van der Waals surface area contributed by atoms with Crippen LogP contribution in [0.15, 0.2) is 0 Å². The van der Waals surface area contributed by atoms with Crippen LogP contribution in [-0.2, 0) is 4.74 Å². The van der Waals surface area contributed by atoms with Gasteiger partial charge in [-0.1, -0.05) is 27.2 Å². The molecule has 0 aromatic heterocycles. The molecular weight excluding hydrogens is 186 g/mol. The van der Waals surface area contributed by atoms with Gasteiger partial charge in [0.2, 0.25) is 0 Å². The maximum absolute atomic E-state index is 13.6. The molecule has 84 valence electrons. The molecular formula is C11H20F2O. The molecule has 3 heteroatoms. The minimum atomic E-state index is -2.64. The van der Waals surface area contributed by atoms with Crippen LogP contribution >= 0.6 is 0 Å². The molecule has 0 radical (unpaired) electrons. The molecule has 0 amide bonds. The van der Waals surface area contributed by atoms with Crippen molar-refractivity contribution in [2.24, 2.45) is 11.3 Å². The summed E-state index contributed by atoms with van der Waals surface area (Å²) in [4.78, 5) is 0. The fraction of sp³-hybridized carbons (Fsp3) is 1.00. The second kappa shape index (κ2) is 4.13. The largest absolute Gasteiger partial charge is 0.375 e. The number of rotatable bonds is 3. The number of alkyl halides is 2. The van der Waals surface area contributed by atoms with Gasteiger partial charge in [-0.05, 0) is 18.3 Å². The van der Waals surface area contributed by atoms with Crippen LogP contribution in [-0.4, -0.2) is 19.1 Å². The van der Waals surface area contributed by atoms with E-state index in [1.54, 1.807) is 0 Å². The highest BCUT2D eigenvalue weighted by atomic mass is 19.3. The molecule has 0 aromatic rings.